The molecule has 5 heteroatoms. The number of piperidine rings is 1. The standard InChI is InChI=1S/C27H43NO2.C2H4O2/c1-16-4-7-23-17(2)25-24(28(23)14-16)13-22-20-6-5-18-12-19(30)8-10-26(18,3)21(20)9-11-27(22,25)15-29;1-2(3)4/h5,16-17,19-25,29-30H,4,6-15H2,1-3H3;1H3,(H,3,4)/t16-,17+,19-,20+,21-,22-,23+,24-,25-,26-,27+;/m0./s1. The van der Waals surface area contributed by atoms with Gasteiger partial charge in [0.05, 0.1) is 6.10 Å². The zero-order valence-corrected chi connectivity index (χ0v) is 21.7. The van der Waals surface area contributed by atoms with Gasteiger partial charge in [-0.15, -0.1) is 0 Å². The maximum absolute atomic E-state index is 11.0. The minimum absolute atomic E-state index is 0.120. The monoisotopic (exact) mass is 473 g/mol. The fourth-order valence-electron chi connectivity index (χ4n) is 10.4. The van der Waals surface area contributed by atoms with Gasteiger partial charge in [0.25, 0.3) is 5.97 Å². The van der Waals surface area contributed by atoms with E-state index >= 15 is 0 Å². The summed E-state index contributed by atoms with van der Waals surface area (Å²) in [6.45, 7) is 10.3. The highest BCUT2D eigenvalue weighted by Crippen LogP contribution is 2.69. The van der Waals surface area contributed by atoms with E-state index in [-0.39, 0.29) is 11.5 Å². The lowest BCUT2D eigenvalue weighted by molar-refractivity contribution is -0.134. The number of aliphatic hydroxyl groups is 2. The lowest BCUT2D eigenvalue weighted by Gasteiger charge is -2.58. The number of aliphatic hydroxyl groups excluding tert-OH is 2. The number of fused-ring (bicyclic) bond motifs is 9. The van der Waals surface area contributed by atoms with Crippen molar-refractivity contribution in [1.82, 2.24) is 4.90 Å². The molecule has 4 aliphatic carbocycles. The van der Waals surface area contributed by atoms with E-state index in [0.29, 0.717) is 23.9 Å². The molecule has 5 nitrogen and oxygen atoms in total. The highest BCUT2D eigenvalue weighted by molar-refractivity contribution is 5.62. The van der Waals surface area contributed by atoms with Gasteiger partial charge >= 0.3 is 0 Å². The Kier molecular flexibility index (Phi) is 6.47. The van der Waals surface area contributed by atoms with Gasteiger partial charge in [-0.05, 0) is 98.7 Å². The summed E-state index contributed by atoms with van der Waals surface area (Å²) >= 11 is 0. The van der Waals surface area contributed by atoms with Crippen LogP contribution in [-0.2, 0) is 4.79 Å². The highest BCUT2D eigenvalue weighted by Gasteiger charge is 2.67. The SMILES string of the molecule is CC(=O)O.C[C@H]1CC[C@@H]2[C@@H](C)[C@H]3[C@H](C[C@H]4[C@@H]5CC=C6C[C@@H](O)CC[C@]6(C)[C@H]5CC[C@]34CO)N2C1. The second-order valence-corrected chi connectivity index (χ2v) is 13.2. The zero-order chi connectivity index (χ0) is 24.4. The lowest BCUT2D eigenvalue weighted by atomic mass is 9.46. The quantitative estimate of drug-likeness (QED) is 0.480. The first kappa shape index (κ1) is 24.8. The van der Waals surface area contributed by atoms with Crippen LogP contribution in [0.4, 0.5) is 0 Å². The molecule has 6 aliphatic rings. The van der Waals surface area contributed by atoms with Crippen LogP contribution >= 0.6 is 0 Å². The van der Waals surface area contributed by atoms with E-state index < -0.39 is 5.97 Å². The number of hydrogen-bond acceptors (Lipinski definition) is 4. The van der Waals surface area contributed by atoms with Gasteiger partial charge in [0.1, 0.15) is 0 Å². The third-order valence-electron chi connectivity index (χ3n) is 11.7. The summed E-state index contributed by atoms with van der Waals surface area (Å²) in [7, 11) is 0. The molecule has 0 aromatic carbocycles. The number of allylic oxidation sites excluding steroid dienone is 1. The minimum Gasteiger partial charge on any atom is -0.481 e. The van der Waals surface area contributed by atoms with E-state index in [4.69, 9.17) is 9.90 Å². The summed E-state index contributed by atoms with van der Waals surface area (Å²) in [4.78, 5) is 11.9. The van der Waals surface area contributed by atoms with E-state index in [1.807, 2.05) is 0 Å². The van der Waals surface area contributed by atoms with E-state index in [1.54, 1.807) is 5.57 Å². The van der Waals surface area contributed by atoms with Gasteiger partial charge in [-0.2, -0.15) is 0 Å². The van der Waals surface area contributed by atoms with Crippen LogP contribution in [0, 0.1) is 46.3 Å². The van der Waals surface area contributed by atoms with Crippen molar-refractivity contribution in [1.29, 1.82) is 0 Å². The molecule has 5 fully saturated rings. The van der Waals surface area contributed by atoms with Crippen molar-refractivity contribution in [3.05, 3.63) is 11.6 Å². The molecule has 6 rings (SSSR count). The van der Waals surface area contributed by atoms with Crippen molar-refractivity contribution in [3.8, 4) is 0 Å². The van der Waals surface area contributed by atoms with Crippen LogP contribution in [0.15, 0.2) is 11.6 Å². The third kappa shape index (κ3) is 3.63. The molecule has 0 unspecified atom stereocenters. The van der Waals surface area contributed by atoms with E-state index in [2.05, 4.69) is 31.7 Å². The van der Waals surface area contributed by atoms with E-state index in [9.17, 15) is 10.2 Å². The second-order valence-electron chi connectivity index (χ2n) is 13.2. The summed E-state index contributed by atoms with van der Waals surface area (Å²) in [6, 6.07) is 1.49. The van der Waals surface area contributed by atoms with Crippen molar-refractivity contribution in [2.75, 3.05) is 13.2 Å². The largest absolute Gasteiger partial charge is 0.481 e. The van der Waals surface area contributed by atoms with Crippen LogP contribution < -0.4 is 0 Å². The van der Waals surface area contributed by atoms with Crippen molar-refractivity contribution in [2.24, 2.45) is 46.3 Å². The molecule has 0 aromatic rings. The summed E-state index contributed by atoms with van der Waals surface area (Å²) in [5.41, 5.74) is 2.03. The van der Waals surface area contributed by atoms with Gasteiger partial charge in [-0.3, -0.25) is 9.69 Å². The molecule has 0 spiro atoms. The van der Waals surface area contributed by atoms with E-state index in [1.165, 1.54) is 45.1 Å². The highest BCUT2D eigenvalue weighted by atomic mass is 16.4. The first-order valence-electron chi connectivity index (χ1n) is 14.1. The molecule has 34 heavy (non-hydrogen) atoms. The van der Waals surface area contributed by atoms with Gasteiger partial charge < -0.3 is 15.3 Å². The summed E-state index contributed by atoms with van der Waals surface area (Å²) < 4.78 is 0. The Morgan fingerprint density at radius 3 is 2.56 bits per heavy atom. The van der Waals surface area contributed by atoms with Gasteiger partial charge in [-0.25, -0.2) is 0 Å². The summed E-state index contributed by atoms with van der Waals surface area (Å²) in [5.74, 6) is 3.65. The topological polar surface area (TPSA) is 81.0 Å². The Morgan fingerprint density at radius 2 is 1.85 bits per heavy atom. The van der Waals surface area contributed by atoms with Crippen LogP contribution in [0.5, 0.6) is 0 Å². The molecule has 0 radical (unpaired) electrons. The Balaban J connectivity index is 0.000000560. The van der Waals surface area contributed by atoms with Crippen LogP contribution in [0.3, 0.4) is 0 Å². The average Bonchev–Trinajstić information content (AvgIpc) is 3.27. The summed E-state index contributed by atoms with van der Waals surface area (Å²) in [5, 5.41) is 28.7. The zero-order valence-electron chi connectivity index (χ0n) is 21.7. The first-order valence-corrected chi connectivity index (χ1v) is 14.1. The molecular formula is C29H47NO4. The molecule has 3 N–H and O–H groups in total. The number of rotatable bonds is 1. The first-order chi connectivity index (χ1) is 16.1. The third-order valence-corrected chi connectivity index (χ3v) is 11.7. The molecule has 0 amide bonds. The number of aliphatic carboxylic acids is 1. The number of carboxylic acids is 1. The smallest absolute Gasteiger partial charge is 0.300 e. The molecule has 2 saturated heterocycles. The molecule has 2 aliphatic heterocycles. The Bertz CT molecular complexity index is 823. The van der Waals surface area contributed by atoms with E-state index in [0.717, 1.165) is 61.9 Å². The Morgan fingerprint density at radius 1 is 1.12 bits per heavy atom. The van der Waals surface area contributed by atoms with Crippen LogP contribution in [0.1, 0.15) is 85.5 Å². The Labute approximate surface area is 206 Å². The van der Waals surface area contributed by atoms with Crippen molar-refractivity contribution < 1.29 is 20.1 Å². The molecule has 3 saturated carbocycles. The number of hydrogen-bond donors (Lipinski definition) is 3. The molecule has 192 valence electrons. The van der Waals surface area contributed by atoms with Crippen LogP contribution in [0.25, 0.3) is 0 Å². The second kappa shape index (κ2) is 8.88. The summed E-state index contributed by atoms with van der Waals surface area (Å²) in [6.07, 6.45) is 13.3. The fourth-order valence-corrected chi connectivity index (χ4v) is 10.4. The van der Waals surface area contributed by atoms with Crippen molar-refractivity contribution in [2.45, 2.75) is 104 Å². The normalized spacial score (nSPS) is 51.6. The molecule has 11 atom stereocenters. The van der Waals surface area contributed by atoms with Gasteiger partial charge in [0.2, 0.25) is 0 Å². The van der Waals surface area contributed by atoms with Crippen LogP contribution in [0.2, 0.25) is 0 Å². The number of carbonyl (C=O) groups is 1. The molecule has 0 bridgehead atoms. The van der Waals surface area contributed by atoms with Gasteiger partial charge in [0, 0.05) is 37.6 Å². The Hall–Kier alpha value is -0.910. The number of carboxylic acid groups (broad SMARTS) is 1. The fraction of sp³-hybridized carbons (Fsp3) is 0.897. The molecule has 0 aromatic heterocycles. The van der Waals surface area contributed by atoms with Gasteiger partial charge in [0.15, 0.2) is 0 Å². The molecular weight excluding hydrogens is 426 g/mol. The maximum Gasteiger partial charge on any atom is 0.300 e. The lowest BCUT2D eigenvalue weighted by Crippen LogP contribution is -2.53. The van der Waals surface area contributed by atoms with Crippen molar-refractivity contribution >= 4 is 5.97 Å². The maximum atomic E-state index is 11.0. The minimum atomic E-state index is -0.833. The molecule has 2 heterocycles. The van der Waals surface area contributed by atoms with Crippen molar-refractivity contribution in [3.63, 3.8) is 0 Å². The predicted molar refractivity (Wildman–Crippen MR) is 133 cm³/mol. The average molecular weight is 474 g/mol. The number of nitrogens with zero attached hydrogens (tertiary/aromatic N) is 1. The predicted octanol–water partition coefficient (Wildman–Crippen LogP) is 4.72. The van der Waals surface area contributed by atoms with Crippen LogP contribution in [-0.4, -0.2) is 57.5 Å². The van der Waals surface area contributed by atoms with Gasteiger partial charge in [-0.1, -0.05) is 32.4 Å².